The van der Waals surface area contributed by atoms with Gasteiger partial charge in [0.25, 0.3) is 0 Å². The van der Waals surface area contributed by atoms with E-state index in [9.17, 15) is 9.59 Å². The van der Waals surface area contributed by atoms with Crippen LogP contribution >= 0.6 is 0 Å². The number of fused-ring (bicyclic) bond motifs is 1. The molecule has 1 atom stereocenters. The van der Waals surface area contributed by atoms with E-state index in [1.165, 1.54) is 44.1 Å². The van der Waals surface area contributed by atoms with Crippen LogP contribution in [-0.2, 0) is 9.59 Å². The van der Waals surface area contributed by atoms with E-state index >= 15 is 0 Å². The standard InChI is InChI=1S/C23H31N3O3.C2H6/c27-20-5-4-19(22(28)25-20)26-14-15-29-21-17(2-1-3-18(21)26)16-6-8-23(9-7-16)10-12-24-13-11-23;1-2/h1-3,16,19,24H,4-15H2,(H,25,27,28);1-2H3. The fraction of sp³-hybridized carbons (Fsp3) is 0.680. The van der Waals surface area contributed by atoms with Crippen LogP contribution in [-0.4, -0.2) is 44.1 Å². The minimum absolute atomic E-state index is 0.164. The Morgan fingerprint density at radius 1 is 1.03 bits per heavy atom. The number of benzene rings is 1. The number of nitrogens with one attached hydrogen (secondary N) is 2. The molecule has 6 nitrogen and oxygen atoms in total. The van der Waals surface area contributed by atoms with Gasteiger partial charge in [-0.05, 0) is 81.0 Å². The van der Waals surface area contributed by atoms with Crippen molar-refractivity contribution in [2.24, 2.45) is 5.41 Å². The number of amides is 2. The van der Waals surface area contributed by atoms with Gasteiger partial charge in [-0.2, -0.15) is 0 Å². The molecule has 1 aliphatic carbocycles. The van der Waals surface area contributed by atoms with E-state index in [2.05, 4.69) is 33.7 Å². The molecule has 3 fully saturated rings. The van der Waals surface area contributed by atoms with Gasteiger partial charge in [-0.15, -0.1) is 0 Å². The lowest BCUT2D eigenvalue weighted by Gasteiger charge is -2.44. The topological polar surface area (TPSA) is 70.7 Å². The quantitative estimate of drug-likeness (QED) is 0.704. The summed E-state index contributed by atoms with van der Waals surface area (Å²) in [4.78, 5) is 26.2. The summed E-state index contributed by atoms with van der Waals surface area (Å²) in [6.07, 6.45) is 8.66. The Morgan fingerprint density at radius 3 is 2.48 bits per heavy atom. The van der Waals surface area contributed by atoms with Gasteiger partial charge in [0.05, 0.1) is 12.2 Å². The second-order valence-electron chi connectivity index (χ2n) is 9.23. The van der Waals surface area contributed by atoms with Crippen molar-refractivity contribution in [3.05, 3.63) is 23.8 Å². The van der Waals surface area contributed by atoms with Crippen LogP contribution in [0.3, 0.4) is 0 Å². The summed E-state index contributed by atoms with van der Waals surface area (Å²) < 4.78 is 6.17. The molecule has 1 aromatic rings. The monoisotopic (exact) mass is 427 g/mol. The van der Waals surface area contributed by atoms with Crippen LogP contribution in [0.4, 0.5) is 5.69 Å². The van der Waals surface area contributed by atoms with Crippen molar-refractivity contribution in [3.8, 4) is 5.75 Å². The molecular formula is C25H37N3O3. The van der Waals surface area contributed by atoms with Gasteiger partial charge in [0.1, 0.15) is 18.4 Å². The minimum Gasteiger partial charge on any atom is -0.489 e. The number of carbonyl (C=O) groups excluding carboxylic acids is 2. The highest BCUT2D eigenvalue weighted by Gasteiger charge is 2.39. The van der Waals surface area contributed by atoms with Crippen LogP contribution in [0.2, 0.25) is 0 Å². The number of hydrogen-bond donors (Lipinski definition) is 2. The molecule has 2 saturated heterocycles. The molecule has 31 heavy (non-hydrogen) atoms. The van der Waals surface area contributed by atoms with E-state index in [0.29, 0.717) is 37.3 Å². The lowest BCUT2D eigenvalue weighted by atomic mass is 9.64. The van der Waals surface area contributed by atoms with Crippen molar-refractivity contribution in [2.75, 3.05) is 31.1 Å². The first-order valence-corrected chi connectivity index (χ1v) is 12.2. The van der Waals surface area contributed by atoms with Crippen molar-refractivity contribution < 1.29 is 14.3 Å². The molecular weight excluding hydrogens is 390 g/mol. The third kappa shape index (κ3) is 4.45. The largest absolute Gasteiger partial charge is 0.489 e. The third-order valence-electron chi connectivity index (χ3n) is 7.65. The second kappa shape index (κ2) is 9.60. The molecule has 5 rings (SSSR count). The molecule has 0 aromatic heterocycles. The first-order valence-electron chi connectivity index (χ1n) is 12.2. The smallest absolute Gasteiger partial charge is 0.249 e. The lowest BCUT2D eigenvalue weighted by molar-refractivity contribution is -0.134. The van der Waals surface area contributed by atoms with Gasteiger partial charge in [-0.3, -0.25) is 14.9 Å². The number of ether oxygens (including phenoxy) is 1. The van der Waals surface area contributed by atoms with Crippen LogP contribution in [0.5, 0.6) is 5.75 Å². The molecule has 1 unspecified atom stereocenters. The normalized spacial score (nSPS) is 25.7. The van der Waals surface area contributed by atoms with Crippen LogP contribution in [0.1, 0.15) is 76.7 Å². The van der Waals surface area contributed by atoms with E-state index in [4.69, 9.17) is 4.74 Å². The average molecular weight is 428 g/mol. The molecule has 3 aliphatic heterocycles. The summed E-state index contributed by atoms with van der Waals surface area (Å²) in [5, 5.41) is 6.01. The maximum Gasteiger partial charge on any atom is 0.249 e. The molecule has 170 valence electrons. The van der Waals surface area contributed by atoms with Crippen molar-refractivity contribution in [1.82, 2.24) is 10.6 Å². The molecule has 3 heterocycles. The van der Waals surface area contributed by atoms with Gasteiger partial charge in [-0.25, -0.2) is 0 Å². The number of carbonyl (C=O) groups is 2. The zero-order valence-corrected chi connectivity index (χ0v) is 19.0. The number of rotatable bonds is 2. The molecule has 6 heteroatoms. The van der Waals surface area contributed by atoms with E-state index in [1.54, 1.807) is 0 Å². The lowest BCUT2D eigenvalue weighted by Crippen LogP contribution is -2.54. The Kier molecular flexibility index (Phi) is 6.85. The summed E-state index contributed by atoms with van der Waals surface area (Å²) in [6.45, 7) is 7.60. The number of hydrogen-bond acceptors (Lipinski definition) is 5. The SMILES string of the molecule is CC.O=C1CCC(N2CCOc3c(C4CCC5(CCNCC5)CC4)cccc32)C(=O)N1. The summed E-state index contributed by atoms with van der Waals surface area (Å²) >= 11 is 0. The number of anilines is 1. The van der Waals surface area contributed by atoms with Crippen molar-refractivity contribution in [2.45, 2.75) is 77.2 Å². The van der Waals surface area contributed by atoms with Crippen LogP contribution in [0.15, 0.2) is 18.2 Å². The number of nitrogens with zero attached hydrogens (tertiary/aromatic N) is 1. The molecule has 1 saturated carbocycles. The fourth-order valence-electron chi connectivity index (χ4n) is 5.92. The van der Waals surface area contributed by atoms with Crippen LogP contribution in [0.25, 0.3) is 0 Å². The second-order valence-corrected chi connectivity index (χ2v) is 9.23. The summed E-state index contributed by atoms with van der Waals surface area (Å²) in [6, 6.07) is 6.11. The predicted molar refractivity (Wildman–Crippen MR) is 123 cm³/mol. The van der Waals surface area contributed by atoms with Gasteiger partial charge in [0, 0.05) is 6.42 Å². The highest BCUT2D eigenvalue weighted by molar-refractivity contribution is 6.01. The summed E-state index contributed by atoms with van der Waals surface area (Å²) in [7, 11) is 0. The molecule has 2 amide bonds. The van der Waals surface area contributed by atoms with Crippen LogP contribution < -0.4 is 20.3 Å². The van der Waals surface area contributed by atoms with E-state index in [1.807, 2.05) is 13.8 Å². The molecule has 1 spiro atoms. The van der Waals surface area contributed by atoms with Gasteiger partial charge in [0.2, 0.25) is 11.8 Å². The van der Waals surface area contributed by atoms with Crippen molar-refractivity contribution in [1.29, 1.82) is 0 Å². The maximum atomic E-state index is 12.5. The molecule has 1 aromatic carbocycles. The molecule has 2 N–H and O–H groups in total. The fourth-order valence-corrected chi connectivity index (χ4v) is 5.92. The summed E-state index contributed by atoms with van der Waals surface area (Å²) in [5.74, 6) is 1.16. The zero-order valence-electron chi connectivity index (χ0n) is 19.0. The first-order chi connectivity index (χ1) is 15.2. The van der Waals surface area contributed by atoms with Gasteiger partial charge < -0.3 is 15.0 Å². The van der Waals surface area contributed by atoms with Gasteiger partial charge >= 0.3 is 0 Å². The Morgan fingerprint density at radius 2 is 1.77 bits per heavy atom. The predicted octanol–water partition coefficient (Wildman–Crippen LogP) is 3.74. The van der Waals surface area contributed by atoms with Gasteiger partial charge in [0.15, 0.2) is 0 Å². The molecule has 0 bridgehead atoms. The Hall–Kier alpha value is -2.08. The molecule has 4 aliphatic rings. The number of para-hydroxylation sites is 1. The summed E-state index contributed by atoms with van der Waals surface area (Å²) in [5.41, 5.74) is 2.88. The maximum absolute atomic E-state index is 12.5. The van der Waals surface area contributed by atoms with Crippen molar-refractivity contribution in [3.63, 3.8) is 0 Å². The minimum atomic E-state index is -0.282. The highest BCUT2D eigenvalue weighted by Crippen LogP contribution is 2.51. The Labute approximate surface area is 186 Å². The number of piperidine rings is 2. The first kappa shape index (κ1) is 22.1. The average Bonchev–Trinajstić information content (AvgIpc) is 2.81. The van der Waals surface area contributed by atoms with Gasteiger partial charge in [-0.1, -0.05) is 26.0 Å². The van der Waals surface area contributed by atoms with E-state index in [0.717, 1.165) is 24.5 Å². The third-order valence-corrected chi connectivity index (χ3v) is 7.65. The highest BCUT2D eigenvalue weighted by atomic mass is 16.5. The van der Waals surface area contributed by atoms with E-state index < -0.39 is 0 Å². The number of imide groups is 1. The van der Waals surface area contributed by atoms with E-state index in [-0.39, 0.29) is 17.9 Å². The van der Waals surface area contributed by atoms with Crippen molar-refractivity contribution >= 4 is 17.5 Å². The zero-order chi connectivity index (χ0) is 21.8. The Bertz CT molecular complexity index is 793. The Balaban J connectivity index is 0.00000112. The molecule has 0 radical (unpaired) electrons. The van der Waals surface area contributed by atoms with Crippen LogP contribution in [0, 0.1) is 5.41 Å².